The summed E-state index contributed by atoms with van der Waals surface area (Å²) in [5.74, 6) is 8.33. The van der Waals surface area contributed by atoms with Gasteiger partial charge in [-0.3, -0.25) is 4.90 Å². The molecule has 0 saturated carbocycles. The summed E-state index contributed by atoms with van der Waals surface area (Å²) in [6, 6.07) is 0.358. The minimum atomic E-state index is 0.358. The van der Waals surface area contributed by atoms with Gasteiger partial charge in [0.1, 0.15) is 22.4 Å². The number of aryl methyl sites for hydroxylation is 2. The van der Waals surface area contributed by atoms with Crippen LogP contribution < -0.4 is 5.73 Å². The summed E-state index contributed by atoms with van der Waals surface area (Å²) in [5, 5.41) is 10.2. The second-order valence-electron chi connectivity index (χ2n) is 7.08. The highest BCUT2D eigenvalue weighted by molar-refractivity contribution is 7.11. The Morgan fingerprint density at radius 2 is 2.12 bits per heavy atom. The fraction of sp³-hybridized carbons (Fsp3) is 0.632. The van der Waals surface area contributed by atoms with Crippen LogP contribution in [0.1, 0.15) is 65.4 Å². The average molecular weight is 371 g/mol. The molecule has 2 aromatic rings. The first-order valence-electron chi connectivity index (χ1n) is 9.57. The number of hydrogen-bond acceptors (Lipinski definition) is 6. The molecule has 26 heavy (non-hydrogen) atoms. The van der Waals surface area contributed by atoms with Crippen LogP contribution in [-0.4, -0.2) is 37.7 Å². The van der Waals surface area contributed by atoms with Crippen molar-refractivity contribution in [1.82, 2.24) is 24.6 Å². The Hall–Kier alpha value is -1.75. The molecule has 2 N–H and O–H groups in total. The minimum absolute atomic E-state index is 0.358. The largest absolute Gasteiger partial charge is 0.320 e. The predicted molar refractivity (Wildman–Crippen MR) is 103 cm³/mol. The van der Waals surface area contributed by atoms with Gasteiger partial charge < -0.3 is 10.3 Å². The summed E-state index contributed by atoms with van der Waals surface area (Å²) in [5.41, 5.74) is 6.36. The third-order valence-corrected chi connectivity index (χ3v) is 6.24. The summed E-state index contributed by atoms with van der Waals surface area (Å²) in [6.07, 6.45) is 7.19. The first kappa shape index (κ1) is 17.7. The monoisotopic (exact) mass is 370 g/mol. The Bertz CT molecular complexity index is 827. The van der Waals surface area contributed by atoms with E-state index < -0.39 is 0 Å². The molecule has 0 radical (unpaired) electrons. The number of thiazole rings is 1. The van der Waals surface area contributed by atoms with Crippen molar-refractivity contribution in [2.75, 3.05) is 13.1 Å². The number of likely N-dealkylation sites (tertiary alicyclic amines) is 1. The molecule has 6 nitrogen and oxygen atoms in total. The third kappa shape index (κ3) is 3.54. The summed E-state index contributed by atoms with van der Waals surface area (Å²) in [7, 11) is 0. The molecule has 2 aromatic heterocycles. The molecule has 2 aliphatic heterocycles. The van der Waals surface area contributed by atoms with Crippen LogP contribution in [0.5, 0.6) is 0 Å². The van der Waals surface area contributed by atoms with Crippen molar-refractivity contribution in [3.63, 3.8) is 0 Å². The van der Waals surface area contributed by atoms with Crippen LogP contribution in [0.2, 0.25) is 0 Å². The van der Waals surface area contributed by atoms with Crippen LogP contribution in [0.4, 0.5) is 0 Å². The quantitative estimate of drug-likeness (QED) is 0.840. The molecule has 1 atom stereocenters. The maximum atomic E-state index is 5.48. The van der Waals surface area contributed by atoms with Gasteiger partial charge in [-0.1, -0.05) is 12.3 Å². The number of fused-ring (bicyclic) bond motifs is 1. The summed E-state index contributed by atoms with van der Waals surface area (Å²) < 4.78 is 2.39. The van der Waals surface area contributed by atoms with Gasteiger partial charge >= 0.3 is 0 Å². The SMILES string of the molecule is Cc1sc(CN2CCC[C@H]2c2nnc3n2CCCCC3)nc1C#CCN. The summed E-state index contributed by atoms with van der Waals surface area (Å²) >= 11 is 1.74. The summed E-state index contributed by atoms with van der Waals surface area (Å²) in [6.45, 7) is 5.48. The van der Waals surface area contributed by atoms with E-state index in [1.807, 2.05) is 0 Å². The van der Waals surface area contributed by atoms with E-state index in [0.717, 1.165) is 49.0 Å². The van der Waals surface area contributed by atoms with Crippen molar-refractivity contribution in [3.8, 4) is 11.8 Å². The normalized spacial score (nSPS) is 20.5. The van der Waals surface area contributed by atoms with Gasteiger partial charge in [0.2, 0.25) is 0 Å². The van der Waals surface area contributed by atoms with Gasteiger partial charge in [-0.15, -0.1) is 21.5 Å². The molecule has 0 amide bonds. The highest BCUT2D eigenvalue weighted by Gasteiger charge is 2.32. The van der Waals surface area contributed by atoms with E-state index in [9.17, 15) is 0 Å². The predicted octanol–water partition coefficient (Wildman–Crippen LogP) is 2.42. The van der Waals surface area contributed by atoms with Gasteiger partial charge in [0.25, 0.3) is 0 Å². The first-order valence-corrected chi connectivity index (χ1v) is 10.4. The molecular formula is C19H26N6S. The number of hydrogen-bond donors (Lipinski definition) is 1. The van der Waals surface area contributed by atoms with Crippen molar-refractivity contribution >= 4 is 11.3 Å². The lowest BCUT2D eigenvalue weighted by Gasteiger charge is -2.23. The van der Waals surface area contributed by atoms with E-state index in [0.29, 0.717) is 12.6 Å². The van der Waals surface area contributed by atoms with E-state index >= 15 is 0 Å². The summed E-state index contributed by atoms with van der Waals surface area (Å²) in [4.78, 5) is 8.42. The highest BCUT2D eigenvalue weighted by atomic mass is 32.1. The topological polar surface area (TPSA) is 72.9 Å². The molecule has 0 aliphatic carbocycles. The maximum absolute atomic E-state index is 5.48. The van der Waals surface area contributed by atoms with Gasteiger partial charge in [0.15, 0.2) is 0 Å². The molecule has 1 fully saturated rings. The lowest BCUT2D eigenvalue weighted by Crippen LogP contribution is -2.25. The fourth-order valence-electron chi connectivity index (χ4n) is 4.01. The number of nitrogens with two attached hydrogens (primary N) is 1. The minimum Gasteiger partial charge on any atom is -0.320 e. The second-order valence-corrected chi connectivity index (χ2v) is 8.37. The van der Waals surface area contributed by atoms with Gasteiger partial charge in [0, 0.05) is 17.8 Å². The van der Waals surface area contributed by atoms with E-state index in [4.69, 9.17) is 10.7 Å². The second kappa shape index (κ2) is 7.87. The van der Waals surface area contributed by atoms with Crippen LogP contribution in [-0.2, 0) is 19.5 Å². The van der Waals surface area contributed by atoms with Crippen LogP contribution in [0.3, 0.4) is 0 Å². The molecule has 4 rings (SSSR count). The molecule has 0 unspecified atom stereocenters. The zero-order chi connectivity index (χ0) is 17.9. The van der Waals surface area contributed by atoms with Crippen LogP contribution in [0.25, 0.3) is 0 Å². The average Bonchev–Trinajstić information content (AvgIpc) is 3.29. The van der Waals surface area contributed by atoms with Crippen molar-refractivity contribution in [2.24, 2.45) is 5.73 Å². The van der Waals surface area contributed by atoms with Gasteiger partial charge in [-0.2, -0.15) is 0 Å². The van der Waals surface area contributed by atoms with Crippen molar-refractivity contribution in [3.05, 3.63) is 27.2 Å². The number of rotatable bonds is 3. The molecule has 1 saturated heterocycles. The van der Waals surface area contributed by atoms with Crippen LogP contribution in [0, 0.1) is 18.8 Å². The zero-order valence-corrected chi connectivity index (χ0v) is 16.2. The third-order valence-electron chi connectivity index (χ3n) is 5.29. The van der Waals surface area contributed by atoms with Crippen molar-refractivity contribution in [2.45, 2.75) is 64.6 Å². The molecule has 0 spiro atoms. The Kier molecular flexibility index (Phi) is 5.34. The zero-order valence-electron chi connectivity index (χ0n) is 15.4. The van der Waals surface area contributed by atoms with Gasteiger partial charge in [-0.25, -0.2) is 4.98 Å². The lowest BCUT2D eigenvalue weighted by atomic mass is 10.2. The molecular weight excluding hydrogens is 344 g/mol. The Balaban J connectivity index is 1.54. The lowest BCUT2D eigenvalue weighted by molar-refractivity contribution is 0.233. The Morgan fingerprint density at radius 1 is 1.19 bits per heavy atom. The molecule has 7 heteroatoms. The number of aromatic nitrogens is 4. The van der Waals surface area contributed by atoms with E-state index in [1.54, 1.807) is 11.3 Å². The molecule has 138 valence electrons. The van der Waals surface area contributed by atoms with E-state index in [2.05, 4.69) is 38.4 Å². The van der Waals surface area contributed by atoms with Gasteiger partial charge in [0.05, 0.1) is 19.1 Å². The Morgan fingerprint density at radius 3 is 3.00 bits per heavy atom. The molecule has 4 heterocycles. The molecule has 2 aliphatic rings. The van der Waals surface area contributed by atoms with Crippen molar-refractivity contribution in [1.29, 1.82) is 0 Å². The van der Waals surface area contributed by atoms with Crippen LogP contribution in [0.15, 0.2) is 0 Å². The fourth-order valence-corrected chi connectivity index (χ4v) is 4.92. The maximum Gasteiger partial charge on any atom is 0.150 e. The Labute approximate surface area is 158 Å². The van der Waals surface area contributed by atoms with Gasteiger partial charge in [-0.05, 0) is 45.1 Å². The van der Waals surface area contributed by atoms with E-state index in [-0.39, 0.29) is 0 Å². The number of nitrogens with zero attached hydrogens (tertiary/aromatic N) is 5. The molecule has 0 aromatic carbocycles. The van der Waals surface area contributed by atoms with Crippen molar-refractivity contribution < 1.29 is 0 Å². The van der Waals surface area contributed by atoms with E-state index in [1.165, 1.54) is 36.4 Å². The highest BCUT2D eigenvalue weighted by Crippen LogP contribution is 2.34. The smallest absolute Gasteiger partial charge is 0.150 e. The van der Waals surface area contributed by atoms with Crippen LogP contribution >= 0.6 is 11.3 Å². The molecule has 0 bridgehead atoms. The standard InChI is InChI=1S/C19H26N6S/c1-14-15(7-5-10-20)21-18(26-14)13-24-11-6-8-16(24)19-23-22-17-9-3-2-4-12-25(17)19/h16H,2-4,6,8-13,20H2,1H3/t16-/m0/s1. The first-order chi connectivity index (χ1) is 12.8.